The van der Waals surface area contributed by atoms with Crippen LogP contribution in [0.25, 0.3) is 10.9 Å². The van der Waals surface area contributed by atoms with E-state index in [4.69, 9.17) is 16.3 Å². The molecule has 2 heterocycles. The zero-order valence-corrected chi connectivity index (χ0v) is 13.9. The number of carbonyl (C=O) groups is 1. The van der Waals surface area contributed by atoms with E-state index in [0.717, 1.165) is 29.6 Å². The van der Waals surface area contributed by atoms with Crippen LogP contribution in [0.15, 0.2) is 30.3 Å². The monoisotopic (exact) mass is 332 g/mol. The highest BCUT2D eigenvalue weighted by Crippen LogP contribution is 2.20. The maximum absolute atomic E-state index is 11.1. The van der Waals surface area contributed by atoms with Crippen molar-refractivity contribution < 1.29 is 9.53 Å². The number of hydrogen-bond acceptors (Lipinski definition) is 4. The second-order valence-corrected chi connectivity index (χ2v) is 6.27. The molecular formula is C18H21ClN2O2. The first kappa shape index (κ1) is 16.2. The summed E-state index contributed by atoms with van der Waals surface area (Å²) in [6, 6.07) is 9.18. The molecule has 0 amide bonds. The first-order valence-electron chi connectivity index (χ1n) is 8.18. The Kier molecular flexibility index (Phi) is 5.47. The second kappa shape index (κ2) is 7.75. The van der Waals surface area contributed by atoms with Crippen LogP contribution in [0.5, 0.6) is 5.75 Å². The van der Waals surface area contributed by atoms with Crippen LogP contribution < -0.4 is 4.74 Å². The molecule has 0 unspecified atom stereocenters. The largest absolute Gasteiger partial charge is 0.494 e. The Morgan fingerprint density at radius 2 is 2.00 bits per heavy atom. The van der Waals surface area contributed by atoms with Crippen molar-refractivity contribution in [1.29, 1.82) is 0 Å². The van der Waals surface area contributed by atoms with E-state index in [1.165, 1.54) is 32.4 Å². The van der Waals surface area contributed by atoms with E-state index in [0.29, 0.717) is 6.61 Å². The molecule has 1 saturated heterocycles. The van der Waals surface area contributed by atoms with Gasteiger partial charge in [-0.05, 0) is 68.2 Å². The summed E-state index contributed by atoms with van der Waals surface area (Å²) in [6.45, 7) is 4.27. The van der Waals surface area contributed by atoms with Gasteiger partial charge in [-0.1, -0.05) is 12.5 Å². The van der Waals surface area contributed by atoms with Crippen molar-refractivity contribution in [3.63, 3.8) is 0 Å². The third-order valence-electron chi connectivity index (χ3n) is 4.20. The molecule has 2 aromatic rings. The Balaban J connectivity index is 1.53. The molecule has 0 spiro atoms. The number of halogens is 1. The van der Waals surface area contributed by atoms with Crippen LogP contribution in [-0.2, 0) is 0 Å². The Hall–Kier alpha value is -1.65. The molecule has 0 aliphatic carbocycles. The molecule has 1 aromatic heterocycles. The van der Waals surface area contributed by atoms with Crippen molar-refractivity contribution in [1.82, 2.24) is 9.88 Å². The van der Waals surface area contributed by atoms with Crippen molar-refractivity contribution >= 4 is 27.7 Å². The summed E-state index contributed by atoms with van der Waals surface area (Å²) in [5.74, 6) is 0.836. The number of ether oxygens (including phenoxy) is 1. The Morgan fingerprint density at radius 1 is 1.17 bits per heavy atom. The number of piperidine rings is 1. The zero-order chi connectivity index (χ0) is 16.1. The minimum absolute atomic E-state index is 0.273. The Bertz CT molecular complexity index is 684. The van der Waals surface area contributed by atoms with E-state index in [1.54, 1.807) is 6.07 Å². The number of rotatable bonds is 6. The van der Waals surface area contributed by atoms with Crippen molar-refractivity contribution in [2.45, 2.75) is 25.7 Å². The minimum Gasteiger partial charge on any atom is -0.494 e. The smallest absolute Gasteiger partial charge is 0.270 e. The van der Waals surface area contributed by atoms with Gasteiger partial charge in [0.25, 0.3) is 5.24 Å². The van der Waals surface area contributed by atoms with Crippen LogP contribution in [0.1, 0.15) is 36.2 Å². The van der Waals surface area contributed by atoms with Crippen LogP contribution in [0.2, 0.25) is 0 Å². The molecule has 23 heavy (non-hydrogen) atoms. The first-order valence-corrected chi connectivity index (χ1v) is 8.56. The van der Waals surface area contributed by atoms with Gasteiger partial charge in [-0.25, -0.2) is 4.98 Å². The fraction of sp³-hybridized carbons (Fsp3) is 0.444. The van der Waals surface area contributed by atoms with Gasteiger partial charge in [-0.2, -0.15) is 0 Å². The van der Waals surface area contributed by atoms with Crippen LogP contribution in [0.3, 0.4) is 0 Å². The summed E-state index contributed by atoms with van der Waals surface area (Å²) in [6.07, 6.45) is 5.06. The standard InChI is InChI=1S/C18H21ClN2O2/c19-18(22)17-7-5-14-13-15(6-8-16(14)20-17)23-12-4-11-21-9-2-1-3-10-21/h5-8,13H,1-4,9-12H2. The predicted molar refractivity (Wildman–Crippen MR) is 92.3 cm³/mol. The lowest BCUT2D eigenvalue weighted by molar-refractivity contribution is 0.107. The van der Waals surface area contributed by atoms with Gasteiger partial charge in [0.1, 0.15) is 11.4 Å². The normalized spacial score (nSPS) is 15.7. The van der Waals surface area contributed by atoms with Gasteiger partial charge in [0.15, 0.2) is 0 Å². The molecule has 0 saturated carbocycles. The van der Waals surface area contributed by atoms with Gasteiger partial charge in [-0.15, -0.1) is 0 Å². The zero-order valence-electron chi connectivity index (χ0n) is 13.1. The molecule has 0 bridgehead atoms. The number of hydrogen-bond donors (Lipinski definition) is 0. The molecule has 0 atom stereocenters. The molecule has 0 N–H and O–H groups in total. The molecule has 1 fully saturated rings. The highest BCUT2D eigenvalue weighted by molar-refractivity contribution is 6.67. The van der Waals surface area contributed by atoms with Crippen LogP contribution in [0, 0.1) is 0 Å². The molecule has 1 aliphatic rings. The van der Waals surface area contributed by atoms with Crippen molar-refractivity contribution in [2.75, 3.05) is 26.2 Å². The number of fused-ring (bicyclic) bond motifs is 1. The van der Waals surface area contributed by atoms with Gasteiger partial charge < -0.3 is 9.64 Å². The second-order valence-electron chi connectivity index (χ2n) is 5.93. The van der Waals surface area contributed by atoms with Crippen molar-refractivity contribution in [2.24, 2.45) is 0 Å². The maximum atomic E-state index is 11.1. The number of benzene rings is 1. The number of aromatic nitrogens is 1. The SMILES string of the molecule is O=C(Cl)c1ccc2cc(OCCCN3CCCCC3)ccc2n1. The quantitative estimate of drug-likeness (QED) is 0.595. The fourth-order valence-electron chi connectivity index (χ4n) is 2.96. The van der Waals surface area contributed by atoms with Crippen molar-refractivity contribution in [3.05, 3.63) is 36.0 Å². The summed E-state index contributed by atoms with van der Waals surface area (Å²) in [5, 5.41) is 0.408. The minimum atomic E-state index is -0.537. The molecule has 3 rings (SSSR count). The number of carbonyl (C=O) groups excluding carboxylic acids is 1. The Morgan fingerprint density at radius 3 is 2.78 bits per heavy atom. The lowest BCUT2D eigenvalue weighted by Gasteiger charge is -2.26. The van der Waals surface area contributed by atoms with Gasteiger partial charge in [0, 0.05) is 11.9 Å². The number of pyridine rings is 1. The number of likely N-dealkylation sites (tertiary alicyclic amines) is 1. The van der Waals surface area contributed by atoms with Gasteiger partial charge >= 0.3 is 0 Å². The molecule has 5 heteroatoms. The van der Waals surface area contributed by atoms with E-state index in [1.807, 2.05) is 24.3 Å². The van der Waals surface area contributed by atoms with E-state index >= 15 is 0 Å². The van der Waals surface area contributed by atoms with E-state index in [2.05, 4.69) is 9.88 Å². The predicted octanol–water partition coefficient (Wildman–Crippen LogP) is 3.87. The molecular weight excluding hydrogens is 312 g/mol. The summed E-state index contributed by atoms with van der Waals surface area (Å²) in [7, 11) is 0. The highest BCUT2D eigenvalue weighted by atomic mass is 35.5. The molecule has 0 radical (unpaired) electrons. The lowest BCUT2D eigenvalue weighted by atomic mass is 10.1. The molecule has 4 nitrogen and oxygen atoms in total. The average molecular weight is 333 g/mol. The highest BCUT2D eigenvalue weighted by Gasteiger charge is 2.09. The number of nitrogens with zero attached hydrogens (tertiary/aromatic N) is 2. The van der Waals surface area contributed by atoms with Gasteiger partial charge in [0.2, 0.25) is 0 Å². The van der Waals surface area contributed by atoms with Crippen LogP contribution in [0.4, 0.5) is 0 Å². The van der Waals surface area contributed by atoms with E-state index in [-0.39, 0.29) is 5.69 Å². The molecule has 122 valence electrons. The van der Waals surface area contributed by atoms with E-state index < -0.39 is 5.24 Å². The van der Waals surface area contributed by atoms with Gasteiger partial charge in [0.05, 0.1) is 12.1 Å². The summed E-state index contributed by atoms with van der Waals surface area (Å²) in [5.41, 5.74) is 1.02. The Labute approximate surface area is 141 Å². The van der Waals surface area contributed by atoms with E-state index in [9.17, 15) is 4.79 Å². The first-order chi connectivity index (χ1) is 11.2. The third kappa shape index (κ3) is 4.43. The average Bonchev–Trinajstić information content (AvgIpc) is 2.59. The lowest BCUT2D eigenvalue weighted by Crippen LogP contribution is -2.31. The summed E-state index contributed by atoms with van der Waals surface area (Å²) >= 11 is 5.45. The summed E-state index contributed by atoms with van der Waals surface area (Å²) < 4.78 is 5.84. The summed E-state index contributed by atoms with van der Waals surface area (Å²) in [4.78, 5) is 17.9. The van der Waals surface area contributed by atoms with Gasteiger partial charge in [-0.3, -0.25) is 4.79 Å². The van der Waals surface area contributed by atoms with Crippen molar-refractivity contribution in [3.8, 4) is 5.75 Å². The third-order valence-corrected chi connectivity index (χ3v) is 4.39. The molecule has 1 aromatic carbocycles. The van der Waals surface area contributed by atoms with Crippen LogP contribution >= 0.6 is 11.6 Å². The maximum Gasteiger partial charge on any atom is 0.270 e. The topological polar surface area (TPSA) is 42.4 Å². The molecule has 1 aliphatic heterocycles. The van der Waals surface area contributed by atoms with Crippen LogP contribution in [-0.4, -0.2) is 41.4 Å². The fourth-order valence-corrected chi connectivity index (χ4v) is 3.07.